The van der Waals surface area contributed by atoms with E-state index in [1.54, 1.807) is 30.3 Å². The third-order valence-corrected chi connectivity index (χ3v) is 3.31. The average Bonchev–Trinajstić information content (AvgIpc) is 2.59. The van der Waals surface area contributed by atoms with Gasteiger partial charge in [0.1, 0.15) is 5.56 Å². The Morgan fingerprint density at radius 2 is 1.62 bits per heavy atom. The lowest BCUT2D eigenvalue weighted by Gasteiger charge is -2.21. The third kappa shape index (κ3) is 3.75. The van der Waals surface area contributed by atoms with E-state index in [9.17, 15) is 19.7 Å². The summed E-state index contributed by atoms with van der Waals surface area (Å²) in [6.45, 7) is 0. The van der Waals surface area contributed by atoms with Crippen LogP contribution in [0.15, 0.2) is 54.6 Å². The molecule has 0 fully saturated rings. The van der Waals surface area contributed by atoms with E-state index < -0.39 is 22.9 Å². The second-order valence-corrected chi connectivity index (χ2v) is 5.20. The smallest absolute Gasteiger partial charge is 0.346 e. The van der Waals surface area contributed by atoms with Gasteiger partial charge in [0.25, 0.3) is 11.6 Å². The number of nitro benzene ring substituents is 1. The molecule has 1 amide bonds. The predicted octanol–water partition coefficient (Wildman–Crippen LogP) is 2.58. The zero-order valence-electron chi connectivity index (χ0n) is 13.2. The van der Waals surface area contributed by atoms with Crippen LogP contribution >= 0.6 is 0 Å². The summed E-state index contributed by atoms with van der Waals surface area (Å²) in [7, 11) is 3.08. The number of likely N-dealkylation sites (N-methyl/N-ethyl adjacent to an activating group) is 1. The maximum absolute atomic E-state index is 12.4. The molecular formula is C17H16N2O5. The van der Waals surface area contributed by atoms with Gasteiger partial charge in [0.05, 0.1) is 4.92 Å². The molecule has 0 spiro atoms. The van der Waals surface area contributed by atoms with Crippen LogP contribution in [0.2, 0.25) is 0 Å². The van der Waals surface area contributed by atoms with Gasteiger partial charge in [-0.1, -0.05) is 42.5 Å². The molecule has 124 valence electrons. The number of nitrogens with zero attached hydrogens (tertiary/aromatic N) is 2. The van der Waals surface area contributed by atoms with Crippen molar-refractivity contribution < 1.29 is 19.2 Å². The normalized spacial score (nSPS) is 11.4. The number of carbonyl (C=O) groups is 2. The van der Waals surface area contributed by atoms with Gasteiger partial charge in [-0.3, -0.25) is 14.9 Å². The lowest BCUT2D eigenvalue weighted by atomic mass is 10.1. The number of carbonyl (C=O) groups excluding carboxylic acids is 2. The Balaban J connectivity index is 2.35. The molecule has 2 rings (SSSR count). The van der Waals surface area contributed by atoms with E-state index in [1.807, 2.05) is 0 Å². The van der Waals surface area contributed by atoms with Crippen LogP contribution in [0.5, 0.6) is 0 Å². The second-order valence-electron chi connectivity index (χ2n) is 5.20. The van der Waals surface area contributed by atoms with Crippen LogP contribution in [-0.4, -0.2) is 35.8 Å². The fraction of sp³-hybridized carbons (Fsp3) is 0.176. The first-order chi connectivity index (χ1) is 11.4. The van der Waals surface area contributed by atoms with Crippen LogP contribution < -0.4 is 0 Å². The van der Waals surface area contributed by atoms with Crippen molar-refractivity contribution in [2.75, 3.05) is 14.1 Å². The molecule has 0 N–H and O–H groups in total. The Labute approximate surface area is 138 Å². The lowest BCUT2D eigenvalue weighted by Crippen LogP contribution is -2.31. The van der Waals surface area contributed by atoms with Crippen molar-refractivity contribution in [3.8, 4) is 0 Å². The predicted molar refractivity (Wildman–Crippen MR) is 86.4 cm³/mol. The number of ether oxygens (including phenoxy) is 1. The van der Waals surface area contributed by atoms with Gasteiger partial charge in [-0.05, 0) is 6.07 Å². The Morgan fingerprint density at radius 1 is 1.04 bits per heavy atom. The summed E-state index contributed by atoms with van der Waals surface area (Å²) in [5, 5.41) is 11.0. The van der Waals surface area contributed by atoms with Crippen LogP contribution in [0.1, 0.15) is 22.0 Å². The molecule has 2 aromatic rings. The van der Waals surface area contributed by atoms with E-state index in [4.69, 9.17) is 4.74 Å². The molecular weight excluding hydrogens is 312 g/mol. The summed E-state index contributed by atoms with van der Waals surface area (Å²) in [6, 6.07) is 13.9. The van der Waals surface area contributed by atoms with Crippen molar-refractivity contribution in [1.82, 2.24) is 4.90 Å². The maximum Gasteiger partial charge on any atom is 0.346 e. The SMILES string of the molecule is CN(C)C(=O)C(OC(=O)c1ccccc1[N+](=O)[O-])c1ccccc1. The molecule has 1 atom stereocenters. The van der Waals surface area contributed by atoms with E-state index in [-0.39, 0.29) is 11.3 Å². The molecule has 0 aliphatic heterocycles. The van der Waals surface area contributed by atoms with Crippen molar-refractivity contribution >= 4 is 17.6 Å². The zero-order valence-corrected chi connectivity index (χ0v) is 13.2. The van der Waals surface area contributed by atoms with Gasteiger partial charge in [0.15, 0.2) is 0 Å². The van der Waals surface area contributed by atoms with Crippen LogP contribution in [0.25, 0.3) is 0 Å². The number of esters is 1. The number of benzene rings is 2. The van der Waals surface area contributed by atoms with Gasteiger partial charge in [0.2, 0.25) is 6.10 Å². The highest BCUT2D eigenvalue weighted by atomic mass is 16.6. The minimum absolute atomic E-state index is 0.199. The monoisotopic (exact) mass is 328 g/mol. The van der Waals surface area contributed by atoms with E-state index in [0.717, 1.165) is 0 Å². The van der Waals surface area contributed by atoms with E-state index >= 15 is 0 Å². The summed E-state index contributed by atoms with van der Waals surface area (Å²) in [5.74, 6) is -1.36. The third-order valence-electron chi connectivity index (χ3n) is 3.31. The van der Waals surface area contributed by atoms with Crippen molar-refractivity contribution in [2.45, 2.75) is 6.10 Å². The Bertz CT molecular complexity index is 759. The Morgan fingerprint density at radius 3 is 2.21 bits per heavy atom. The van der Waals surface area contributed by atoms with Crippen LogP contribution in [-0.2, 0) is 9.53 Å². The Hall–Kier alpha value is -3.22. The van der Waals surface area contributed by atoms with Gasteiger partial charge >= 0.3 is 5.97 Å². The minimum Gasteiger partial charge on any atom is -0.443 e. The fourth-order valence-corrected chi connectivity index (χ4v) is 2.10. The number of para-hydroxylation sites is 1. The van der Waals surface area contributed by atoms with Gasteiger partial charge in [0, 0.05) is 25.7 Å². The quantitative estimate of drug-likeness (QED) is 0.478. The van der Waals surface area contributed by atoms with E-state index in [2.05, 4.69) is 0 Å². The number of nitro groups is 1. The molecule has 24 heavy (non-hydrogen) atoms. The summed E-state index contributed by atoms with van der Waals surface area (Å²) >= 11 is 0. The molecule has 0 heterocycles. The van der Waals surface area contributed by atoms with Gasteiger partial charge in [-0.15, -0.1) is 0 Å². The largest absolute Gasteiger partial charge is 0.443 e. The molecule has 7 nitrogen and oxygen atoms in total. The molecule has 0 bridgehead atoms. The number of rotatable bonds is 5. The van der Waals surface area contributed by atoms with E-state index in [1.165, 1.54) is 43.3 Å². The molecule has 0 saturated carbocycles. The number of hydrogen-bond acceptors (Lipinski definition) is 5. The summed E-state index contributed by atoms with van der Waals surface area (Å²) in [6.07, 6.45) is -1.17. The second kappa shape index (κ2) is 7.36. The maximum atomic E-state index is 12.4. The highest BCUT2D eigenvalue weighted by molar-refractivity contribution is 5.96. The van der Waals surface area contributed by atoms with Crippen LogP contribution in [0.4, 0.5) is 5.69 Å². The average molecular weight is 328 g/mol. The molecule has 0 aliphatic rings. The first kappa shape index (κ1) is 17.1. The van der Waals surface area contributed by atoms with Crippen molar-refractivity contribution in [3.63, 3.8) is 0 Å². The van der Waals surface area contributed by atoms with Gasteiger partial charge < -0.3 is 9.64 Å². The molecule has 0 saturated heterocycles. The first-order valence-corrected chi connectivity index (χ1v) is 7.12. The molecule has 0 radical (unpaired) electrons. The van der Waals surface area contributed by atoms with Crippen LogP contribution in [0.3, 0.4) is 0 Å². The number of hydrogen-bond donors (Lipinski definition) is 0. The van der Waals surface area contributed by atoms with Crippen molar-refractivity contribution in [2.24, 2.45) is 0 Å². The summed E-state index contributed by atoms with van der Waals surface area (Å²) < 4.78 is 5.30. The molecule has 7 heteroatoms. The standard InChI is InChI=1S/C17H16N2O5/c1-18(2)16(20)15(12-8-4-3-5-9-12)24-17(21)13-10-6-7-11-14(13)19(22)23/h3-11,15H,1-2H3. The molecule has 0 aromatic heterocycles. The van der Waals surface area contributed by atoms with Crippen LogP contribution in [0, 0.1) is 10.1 Å². The summed E-state index contributed by atoms with van der Waals surface area (Å²) in [4.78, 5) is 36.4. The zero-order chi connectivity index (χ0) is 17.7. The first-order valence-electron chi connectivity index (χ1n) is 7.12. The topological polar surface area (TPSA) is 89.8 Å². The highest BCUT2D eigenvalue weighted by Crippen LogP contribution is 2.24. The Kier molecular flexibility index (Phi) is 5.26. The fourth-order valence-electron chi connectivity index (χ4n) is 2.10. The number of amides is 1. The van der Waals surface area contributed by atoms with Gasteiger partial charge in [-0.25, -0.2) is 4.79 Å². The molecule has 2 aromatic carbocycles. The molecule has 0 aliphatic carbocycles. The van der Waals surface area contributed by atoms with E-state index in [0.29, 0.717) is 5.56 Å². The van der Waals surface area contributed by atoms with Gasteiger partial charge in [-0.2, -0.15) is 0 Å². The highest BCUT2D eigenvalue weighted by Gasteiger charge is 2.29. The van der Waals surface area contributed by atoms with Crippen molar-refractivity contribution in [1.29, 1.82) is 0 Å². The molecule has 1 unspecified atom stereocenters. The van der Waals surface area contributed by atoms with Crippen molar-refractivity contribution in [3.05, 3.63) is 75.8 Å². The minimum atomic E-state index is -1.17. The summed E-state index contributed by atoms with van der Waals surface area (Å²) in [5.41, 5.74) is -0.0789. The lowest BCUT2D eigenvalue weighted by molar-refractivity contribution is -0.385.